The van der Waals surface area contributed by atoms with E-state index in [-0.39, 0.29) is 12.2 Å². The number of hydrogen-bond acceptors (Lipinski definition) is 8. The molecule has 9 nitrogen and oxygen atoms in total. The van der Waals surface area contributed by atoms with Crippen molar-refractivity contribution in [3.05, 3.63) is 41.7 Å². The van der Waals surface area contributed by atoms with Gasteiger partial charge in [-0.25, -0.2) is 19.9 Å². The number of fused-ring (bicyclic) bond motifs is 1. The molecule has 0 amide bonds. The van der Waals surface area contributed by atoms with Gasteiger partial charge in [0.1, 0.15) is 18.6 Å². The van der Waals surface area contributed by atoms with Crippen molar-refractivity contribution in [3.8, 4) is 5.88 Å². The van der Waals surface area contributed by atoms with E-state index in [1.54, 1.807) is 25.4 Å². The summed E-state index contributed by atoms with van der Waals surface area (Å²) in [5.74, 6) is 0.0255. The molecule has 3 heterocycles. The van der Waals surface area contributed by atoms with Crippen LogP contribution in [0.15, 0.2) is 29.6 Å². The number of nitrogens with zero attached hydrogens (tertiary/aromatic N) is 4. The van der Waals surface area contributed by atoms with Gasteiger partial charge in [-0.1, -0.05) is 13.0 Å². The van der Waals surface area contributed by atoms with Crippen molar-refractivity contribution in [2.24, 2.45) is 4.99 Å². The average Bonchev–Trinajstić information content (AvgIpc) is 3.17. The Kier molecular flexibility index (Phi) is 7.52. The third-order valence-corrected chi connectivity index (χ3v) is 4.32. The largest absolute Gasteiger partial charge is 0.475 e. The highest BCUT2D eigenvalue weighted by Crippen LogP contribution is 2.28. The lowest BCUT2D eigenvalue weighted by molar-refractivity contribution is 0.144. The van der Waals surface area contributed by atoms with Crippen molar-refractivity contribution >= 4 is 28.8 Å². The van der Waals surface area contributed by atoms with Crippen LogP contribution in [0.5, 0.6) is 5.88 Å². The summed E-state index contributed by atoms with van der Waals surface area (Å²) >= 11 is 0. The third kappa shape index (κ3) is 5.22. The van der Waals surface area contributed by atoms with Crippen molar-refractivity contribution in [3.63, 3.8) is 0 Å². The van der Waals surface area contributed by atoms with Gasteiger partial charge in [0.25, 0.3) is 0 Å². The molecule has 10 heteroatoms. The monoisotopic (exact) mass is 413 g/mol. The molecular weight excluding hydrogens is 389 g/mol. The summed E-state index contributed by atoms with van der Waals surface area (Å²) in [6.45, 7) is 3.90. The molecule has 0 saturated carbocycles. The Morgan fingerprint density at radius 3 is 2.90 bits per heavy atom. The van der Waals surface area contributed by atoms with Gasteiger partial charge in [-0.05, 0) is 18.2 Å². The van der Waals surface area contributed by atoms with Crippen LogP contribution in [-0.4, -0.2) is 65.3 Å². The van der Waals surface area contributed by atoms with Gasteiger partial charge in [-0.3, -0.25) is 0 Å². The van der Waals surface area contributed by atoms with Gasteiger partial charge in [0, 0.05) is 38.1 Å². The first-order valence-corrected chi connectivity index (χ1v) is 9.53. The molecule has 0 atom stereocenters. The normalized spacial score (nSPS) is 11.8. The number of aromatic nitrogens is 4. The predicted molar refractivity (Wildman–Crippen MR) is 113 cm³/mol. The molecule has 0 spiro atoms. The van der Waals surface area contributed by atoms with Crippen LogP contribution in [0.3, 0.4) is 0 Å². The van der Waals surface area contributed by atoms with Crippen molar-refractivity contribution in [2.75, 3.05) is 33.4 Å². The number of ether oxygens (including phenoxy) is 2. The second-order valence-electron chi connectivity index (χ2n) is 6.38. The standard InChI is InChI=1S/C20H24FN7O2/c1-3-23-11-15(9-22)27-16-5-4-13(18(21)28-16)8-14-10-24-19-17(14)20(26-12-25-19)30-7-6-29-2/h4-5,9-10,12,22-23H,3,6-8,11H2,1-2H3,(H,24,25,26). The van der Waals surface area contributed by atoms with Gasteiger partial charge < -0.3 is 25.2 Å². The Balaban J connectivity index is 1.83. The maximum Gasteiger partial charge on any atom is 0.226 e. The number of nitrogens with one attached hydrogen (secondary N) is 3. The molecule has 0 aliphatic carbocycles. The molecule has 0 aromatic carbocycles. The molecule has 3 aromatic heterocycles. The summed E-state index contributed by atoms with van der Waals surface area (Å²) < 4.78 is 25.3. The van der Waals surface area contributed by atoms with Crippen LogP contribution in [0.1, 0.15) is 18.1 Å². The smallest absolute Gasteiger partial charge is 0.226 e. The first-order chi connectivity index (χ1) is 14.7. The number of rotatable bonds is 11. The zero-order valence-corrected chi connectivity index (χ0v) is 16.9. The van der Waals surface area contributed by atoms with E-state index in [0.717, 1.165) is 18.3 Å². The topological polar surface area (TPSA) is 121 Å². The third-order valence-electron chi connectivity index (χ3n) is 4.32. The molecule has 30 heavy (non-hydrogen) atoms. The molecule has 0 aliphatic rings. The van der Waals surface area contributed by atoms with Crippen LogP contribution >= 0.6 is 0 Å². The molecular formula is C20H24FN7O2. The fourth-order valence-electron chi connectivity index (χ4n) is 2.84. The van der Waals surface area contributed by atoms with Crippen LogP contribution in [0.4, 0.5) is 10.2 Å². The predicted octanol–water partition coefficient (Wildman–Crippen LogP) is 2.44. The Morgan fingerprint density at radius 2 is 2.17 bits per heavy atom. The number of halogens is 1. The second kappa shape index (κ2) is 10.5. The highest BCUT2D eigenvalue weighted by Gasteiger charge is 2.15. The Hall–Kier alpha value is -3.24. The summed E-state index contributed by atoms with van der Waals surface area (Å²) in [6, 6.07) is 3.28. The number of methoxy groups -OCH3 is 1. The minimum absolute atomic E-state index is 0.221. The van der Waals surface area contributed by atoms with E-state index < -0.39 is 5.95 Å². The SMILES string of the molecule is CCNCC(C=N)=Nc1ccc(Cc2c[nH]c3ncnc(OCCOC)c23)c(F)n1. The van der Waals surface area contributed by atoms with Crippen LogP contribution in [0, 0.1) is 11.4 Å². The summed E-state index contributed by atoms with van der Waals surface area (Å²) in [4.78, 5) is 19.6. The van der Waals surface area contributed by atoms with Gasteiger partial charge in [-0.15, -0.1) is 0 Å². The lowest BCUT2D eigenvalue weighted by Gasteiger charge is -2.08. The molecule has 3 N–H and O–H groups in total. The minimum atomic E-state index is -0.614. The Bertz CT molecular complexity index is 1040. The van der Waals surface area contributed by atoms with Crippen LogP contribution < -0.4 is 10.1 Å². The van der Waals surface area contributed by atoms with Crippen molar-refractivity contribution in [1.82, 2.24) is 25.3 Å². The van der Waals surface area contributed by atoms with Gasteiger partial charge >= 0.3 is 0 Å². The molecule has 0 radical (unpaired) electrons. The zero-order chi connectivity index (χ0) is 21.3. The van der Waals surface area contributed by atoms with E-state index in [0.29, 0.717) is 47.9 Å². The number of H-pyrrole nitrogens is 1. The van der Waals surface area contributed by atoms with Crippen LogP contribution in [0.25, 0.3) is 11.0 Å². The lowest BCUT2D eigenvalue weighted by Crippen LogP contribution is -2.23. The highest BCUT2D eigenvalue weighted by molar-refractivity contribution is 6.31. The molecule has 3 aromatic rings. The summed E-state index contributed by atoms with van der Waals surface area (Å²) in [7, 11) is 1.59. The Labute approximate surface area is 173 Å². The average molecular weight is 413 g/mol. The van der Waals surface area contributed by atoms with Crippen LogP contribution in [-0.2, 0) is 11.2 Å². The van der Waals surface area contributed by atoms with Gasteiger partial charge in [0.05, 0.1) is 17.7 Å². The van der Waals surface area contributed by atoms with E-state index in [1.807, 2.05) is 6.92 Å². The number of pyridine rings is 1. The van der Waals surface area contributed by atoms with Crippen molar-refractivity contribution in [1.29, 1.82) is 5.41 Å². The zero-order valence-electron chi connectivity index (χ0n) is 16.9. The van der Waals surface area contributed by atoms with E-state index in [4.69, 9.17) is 14.9 Å². The molecule has 0 aliphatic heterocycles. The van der Waals surface area contributed by atoms with Crippen molar-refractivity contribution < 1.29 is 13.9 Å². The van der Waals surface area contributed by atoms with Gasteiger partial charge in [-0.2, -0.15) is 4.39 Å². The number of hydrogen-bond donors (Lipinski definition) is 3. The lowest BCUT2D eigenvalue weighted by atomic mass is 10.1. The molecule has 158 valence electrons. The Morgan fingerprint density at radius 1 is 1.30 bits per heavy atom. The van der Waals surface area contributed by atoms with E-state index in [2.05, 4.69) is 30.2 Å². The van der Waals surface area contributed by atoms with Crippen LogP contribution in [0.2, 0.25) is 0 Å². The first-order valence-electron chi connectivity index (χ1n) is 9.53. The molecule has 0 unspecified atom stereocenters. The van der Waals surface area contributed by atoms with E-state index in [9.17, 15) is 4.39 Å². The number of aliphatic imine (C=N–C) groups is 1. The highest BCUT2D eigenvalue weighted by atomic mass is 19.1. The second-order valence-corrected chi connectivity index (χ2v) is 6.38. The quantitative estimate of drug-likeness (QED) is 0.252. The summed E-state index contributed by atoms with van der Waals surface area (Å²) in [6.07, 6.45) is 4.59. The molecule has 0 fully saturated rings. The molecule has 0 bridgehead atoms. The van der Waals surface area contributed by atoms with Crippen molar-refractivity contribution in [2.45, 2.75) is 13.3 Å². The van der Waals surface area contributed by atoms with E-state index in [1.165, 1.54) is 6.33 Å². The van der Waals surface area contributed by atoms with E-state index >= 15 is 0 Å². The first kappa shape index (κ1) is 21.5. The summed E-state index contributed by atoms with van der Waals surface area (Å²) in [5, 5.41) is 11.2. The molecule has 3 rings (SSSR count). The number of aromatic amines is 1. The van der Waals surface area contributed by atoms with Gasteiger partial charge in [0.2, 0.25) is 11.8 Å². The molecule has 0 saturated heterocycles. The minimum Gasteiger partial charge on any atom is -0.475 e. The van der Waals surface area contributed by atoms with Gasteiger partial charge in [0.15, 0.2) is 5.82 Å². The fraction of sp³-hybridized carbons (Fsp3) is 0.350. The maximum absolute atomic E-state index is 14.7. The summed E-state index contributed by atoms with van der Waals surface area (Å²) in [5.41, 5.74) is 2.29. The fourth-order valence-corrected chi connectivity index (χ4v) is 2.84. The maximum atomic E-state index is 14.7.